The Morgan fingerprint density at radius 2 is 1.71 bits per heavy atom. The Labute approximate surface area is 164 Å². The number of aryl methyl sites for hydroxylation is 1. The summed E-state index contributed by atoms with van der Waals surface area (Å²) in [5, 5.41) is 0. The highest BCUT2D eigenvalue weighted by atomic mass is 16.7. The van der Waals surface area contributed by atoms with Gasteiger partial charge in [-0.3, -0.25) is 4.79 Å². The summed E-state index contributed by atoms with van der Waals surface area (Å²) >= 11 is 0. The Hall–Kier alpha value is -2.51. The van der Waals surface area contributed by atoms with Gasteiger partial charge in [-0.25, -0.2) is 9.97 Å². The summed E-state index contributed by atoms with van der Waals surface area (Å²) in [6.45, 7) is 3.64. The van der Waals surface area contributed by atoms with Gasteiger partial charge in [0.2, 0.25) is 5.95 Å². The van der Waals surface area contributed by atoms with Crippen LogP contribution in [-0.2, 0) is 15.9 Å². The molecule has 3 aliphatic rings. The van der Waals surface area contributed by atoms with Crippen molar-refractivity contribution in [3.05, 3.63) is 47.8 Å². The first-order valence-corrected chi connectivity index (χ1v) is 9.99. The van der Waals surface area contributed by atoms with Crippen LogP contribution in [0.4, 0.5) is 11.6 Å². The second-order valence-electron chi connectivity index (χ2n) is 7.56. The number of benzene rings is 1. The van der Waals surface area contributed by atoms with Gasteiger partial charge in [0.05, 0.1) is 18.8 Å². The zero-order valence-corrected chi connectivity index (χ0v) is 15.8. The van der Waals surface area contributed by atoms with Crippen LogP contribution in [0, 0.1) is 0 Å². The fourth-order valence-corrected chi connectivity index (χ4v) is 4.33. The zero-order valence-electron chi connectivity index (χ0n) is 15.8. The van der Waals surface area contributed by atoms with Crippen molar-refractivity contribution in [2.75, 3.05) is 42.6 Å². The average Bonchev–Trinajstić information content (AvgIpc) is 3.21. The van der Waals surface area contributed by atoms with E-state index in [1.54, 1.807) is 12.4 Å². The molecule has 4 heterocycles. The number of para-hydroxylation sites is 1. The van der Waals surface area contributed by atoms with Crippen LogP contribution in [-0.4, -0.2) is 54.5 Å². The molecule has 0 radical (unpaired) electrons. The highest BCUT2D eigenvalue weighted by Gasteiger charge is 2.40. The van der Waals surface area contributed by atoms with Crippen molar-refractivity contribution in [3.8, 4) is 0 Å². The highest BCUT2D eigenvalue weighted by molar-refractivity contribution is 6.06. The molecule has 2 aromatic rings. The number of aromatic nitrogens is 2. The second-order valence-corrected chi connectivity index (χ2v) is 7.56. The minimum Gasteiger partial charge on any atom is -0.347 e. The number of hydrogen-bond donors (Lipinski definition) is 0. The molecule has 2 saturated heterocycles. The third-order valence-corrected chi connectivity index (χ3v) is 5.86. The van der Waals surface area contributed by atoms with E-state index in [-0.39, 0.29) is 5.91 Å². The van der Waals surface area contributed by atoms with Gasteiger partial charge >= 0.3 is 0 Å². The lowest BCUT2D eigenvalue weighted by Crippen LogP contribution is -2.45. The number of nitrogens with zero attached hydrogens (tertiary/aromatic N) is 4. The van der Waals surface area contributed by atoms with Crippen LogP contribution in [0.1, 0.15) is 35.2 Å². The molecular weight excluding hydrogens is 356 g/mol. The number of carbonyl (C=O) groups is 1. The van der Waals surface area contributed by atoms with E-state index in [2.05, 4.69) is 20.9 Å². The van der Waals surface area contributed by atoms with E-state index < -0.39 is 5.79 Å². The number of amides is 1. The predicted octanol–water partition coefficient (Wildman–Crippen LogP) is 2.41. The SMILES string of the molecule is O=C(c1cnc(N2CCC3(CC2)OCCO3)nc1)N1CCCc2ccccc21. The van der Waals surface area contributed by atoms with Crippen LogP contribution >= 0.6 is 0 Å². The third kappa shape index (κ3) is 3.14. The third-order valence-electron chi connectivity index (χ3n) is 5.86. The number of piperidine rings is 1. The molecule has 0 aliphatic carbocycles. The molecule has 28 heavy (non-hydrogen) atoms. The van der Waals surface area contributed by atoms with Crippen molar-refractivity contribution in [2.24, 2.45) is 0 Å². The van der Waals surface area contributed by atoms with E-state index >= 15 is 0 Å². The summed E-state index contributed by atoms with van der Waals surface area (Å²) in [4.78, 5) is 25.9. The van der Waals surface area contributed by atoms with E-state index in [1.807, 2.05) is 23.1 Å². The van der Waals surface area contributed by atoms with Gasteiger partial charge in [-0.15, -0.1) is 0 Å². The van der Waals surface area contributed by atoms with Crippen LogP contribution in [0.5, 0.6) is 0 Å². The largest absolute Gasteiger partial charge is 0.347 e. The van der Waals surface area contributed by atoms with Crippen molar-refractivity contribution >= 4 is 17.5 Å². The molecular formula is C21H24N4O3. The number of fused-ring (bicyclic) bond motifs is 1. The molecule has 2 fully saturated rings. The van der Waals surface area contributed by atoms with E-state index in [4.69, 9.17) is 9.47 Å². The number of ether oxygens (including phenoxy) is 2. The molecule has 5 rings (SSSR count). The normalized spacial score (nSPS) is 21.0. The number of hydrogen-bond acceptors (Lipinski definition) is 6. The fraction of sp³-hybridized carbons (Fsp3) is 0.476. The van der Waals surface area contributed by atoms with Gasteiger partial charge in [0.25, 0.3) is 5.91 Å². The van der Waals surface area contributed by atoms with Crippen molar-refractivity contribution in [2.45, 2.75) is 31.5 Å². The van der Waals surface area contributed by atoms with E-state index in [1.165, 1.54) is 5.56 Å². The zero-order chi connectivity index (χ0) is 19.0. The smallest absolute Gasteiger partial charge is 0.261 e. The lowest BCUT2D eigenvalue weighted by Gasteiger charge is -2.37. The van der Waals surface area contributed by atoms with Crippen molar-refractivity contribution in [1.82, 2.24) is 9.97 Å². The lowest BCUT2D eigenvalue weighted by atomic mass is 10.0. The van der Waals surface area contributed by atoms with E-state index in [9.17, 15) is 4.79 Å². The number of carbonyl (C=O) groups excluding carboxylic acids is 1. The van der Waals surface area contributed by atoms with Crippen LogP contribution in [0.2, 0.25) is 0 Å². The number of anilines is 2. The van der Waals surface area contributed by atoms with Crippen molar-refractivity contribution in [3.63, 3.8) is 0 Å². The molecule has 1 amide bonds. The van der Waals surface area contributed by atoms with Gasteiger partial charge in [0.15, 0.2) is 5.79 Å². The molecule has 0 N–H and O–H groups in total. The molecule has 0 atom stereocenters. The van der Waals surface area contributed by atoms with Gasteiger partial charge in [-0.2, -0.15) is 0 Å². The molecule has 7 heteroatoms. The maximum absolute atomic E-state index is 13.0. The second kappa shape index (κ2) is 7.14. The summed E-state index contributed by atoms with van der Waals surface area (Å²) in [6.07, 6.45) is 6.90. The van der Waals surface area contributed by atoms with Crippen molar-refractivity contribution < 1.29 is 14.3 Å². The van der Waals surface area contributed by atoms with Crippen LogP contribution < -0.4 is 9.80 Å². The van der Waals surface area contributed by atoms with E-state index in [0.717, 1.165) is 51.0 Å². The summed E-state index contributed by atoms with van der Waals surface area (Å²) < 4.78 is 11.5. The minimum absolute atomic E-state index is 0.0379. The Bertz CT molecular complexity index is 854. The molecule has 0 bridgehead atoms. The molecule has 1 aromatic heterocycles. The summed E-state index contributed by atoms with van der Waals surface area (Å²) in [6, 6.07) is 8.10. The Kier molecular flexibility index (Phi) is 4.49. The van der Waals surface area contributed by atoms with Crippen LogP contribution in [0.3, 0.4) is 0 Å². The maximum atomic E-state index is 13.0. The summed E-state index contributed by atoms with van der Waals surface area (Å²) in [5.74, 6) is 0.209. The van der Waals surface area contributed by atoms with Gasteiger partial charge in [0, 0.05) is 50.6 Å². The van der Waals surface area contributed by atoms with Crippen molar-refractivity contribution in [1.29, 1.82) is 0 Å². The molecule has 0 unspecified atom stereocenters. The van der Waals surface area contributed by atoms with Gasteiger partial charge in [-0.1, -0.05) is 18.2 Å². The van der Waals surface area contributed by atoms with Gasteiger partial charge in [-0.05, 0) is 24.5 Å². The van der Waals surface area contributed by atoms with Crippen LogP contribution in [0.25, 0.3) is 0 Å². The average molecular weight is 380 g/mol. The monoisotopic (exact) mass is 380 g/mol. The standard InChI is InChI=1S/C21H24N4O3/c26-19(25-9-3-5-16-4-1-2-6-18(16)25)17-14-22-20(23-15-17)24-10-7-21(8-11-24)27-12-13-28-21/h1-2,4,6,14-15H,3,5,7-13H2. The molecule has 3 aliphatic heterocycles. The van der Waals surface area contributed by atoms with E-state index in [0.29, 0.717) is 24.7 Å². The summed E-state index contributed by atoms with van der Waals surface area (Å²) in [5.41, 5.74) is 2.75. The van der Waals surface area contributed by atoms with Gasteiger partial charge < -0.3 is 19.3 Å². The molecule has 0 saturated carbocycles. The minimum atomic E-state index is -0.409. The Morgan fingerprint density at radius 3 is 2.46 bits per heavy atom. The highest BCUT2D eigenvalue weighted by Crippen LogP contribution is 2.32. The Morgan fingerprint density at radius 1 is 1.00 bits per heavy atom. The quantitative estimate of drug-likeness (QED) is 0.797. The summed E-state index contributed by atoms with van der Waals surface area (Å²) in [7, 11) is 0. The Balaban J connectivity index is 1.29. The molecule has 1 aromatic carbocycles. The molecule has 1 spiro atoms. The molecule has 7 nitrogen and oxygen atoms in total. The maximum Gasteiger partial charge on any atom is 0.261 e. The fourth-order valence-electron chi connectivity index (χ4n) is 4.33. The van der Waals surface area contributed by atoms with Gasteiger partial charge in [0.1, 0.15) is 0 Å². The number of rotatable bonds is 2. The molecule has 146 valence electrons. The first kappa shape index (κ1) is 17.6. The van der Waals surface area contributed by atoms with Crippen LogP contribution in [0.15, 0.2) is 36.7 Å². The first-order chi connectivity index (χ1) is 13.7. The predicted molar refractivity (Wildman–Crippen MR) is 105 cm³/mol. The lowest BCUT2D eigenvalue weighted by molar-refractivity contribution is -0.169. The topological polar surface area (TPSA) is 67.8 Å². The first-order valence-electron chi connectivity index (χ1n) is 9.99.